The minimum Gasteiger partial charge on any atom is -0.411 e. The first-order valence-corrected chi connectivity index (χ1v) is 12.4. The summed E-state index contributed by atoms with van der Waals surface area (Å²) in [7, 11) is 0. The summed E-state index contributed by atoms with van der Waals surface area (Å²) in [5, 5.41) is 14.6. The third-order valence-corrected chi connectivity index (χ3v) is 6.50. The molecule has 0 unspecified atom stereocenters. The summed E-state index contributed by atoms with van der Waals surface area (Å²) in [6.07, 6.45) is -12.4. The molecule has 2 amide bonds. The van der Waals surface area contributed by atoms with Gasteiger partial charge in [-0.3, -0.25) is 9.59 Å². The lowest BCUT2D eigenvalue weighted by Crippen LogP contribution is -2.50. The molecule has 0 fully saturated rings. The van der Waals surface area contributed by atoms with Crippen LogP contribution in [-0.4, -0.2) is 41.6 Å². The van der Waals surface area contributed by atoms with Crippen LogP contribution in [0, 0.1) is 13.8 Å². The van der Waals surface area contributed by atoms with E-state index >= 15 is 0 Å². The molecule has 0 heterocycles. The molecule has 0 aromatic heterocycles. The monoisotopic (exact) mass is 597 g/mol. The van der Waals surface area contributed by atoms with Gasteiger partial charge in [0, 0.05) is 41.0 Å². The number of halogens is 7. The first-order chi connectivity index (χ1) is 19.5. The van der Waals surface area contributed by atoms with Crippen molar-refractivity contribution in [1.29, 1.82) is 0 Å². The summed E-state index contributed by atoms with van der Waals surface area (Å²) in [6, 6.07) is 14.9. The molecular weight excluding hydrogens is 571 g/mol. The highest BCUT2D eigenvalue weighted by molar-refractivity contribution is 6.09. The van der Waals surface area contributed by atoms with E-state index in [-0.39, 0.29) is 35.3 Å². The first-order valence-electron chi connectivity index (χ1n) is 12.4. The van der Waals surface area contributed by atoms with Crippen LogP contribution in [0.1, 0.15) is 50.8 Å². The predicted octanol–water partition coefficient (Wildman–Crippen LogP) is 7.73. The van der Waals surface area contributed by atoms with E-state index in [1.165, 1.54) is 23.1 Å². The maximum absolute atomic E-state index is 14.6. The summed E-state index contributed by atoms with van der Waals surface area (Å²) in [5.41, 5.74) is -6.84. The Hall–Kier alpha value is -4.42. The molecule has 0 atom stereocenters. The van der Waals surface area contributed by atoms with Crippen molar-refractivity contribution in [1.82, 2.24) is 0 Å². The third kappa shape index (κ3) is 6.55. The molecule has 13 heteroatoms. The van der Waals surface area contributed by atoms with Crippen LogP contribution in [0.15, 0.2) is 71.9 Å². The van der Waals surface area contributed by atoms with E-state index < -0.39 is 35.4 Å². The Balaban J connectivity index is 1.96. The summed E-state index contributed by atoms with van der Waals surface area (Å²) < 4.78 is 94.2. The Labute approximate surface area is 236 Å². The first kappa shape index (κ1) is 32.1. The van der Waals surface area contributed by atoms with Gasteiger partial charge in [0.05, 0.1) is 5.71 Å². The van der Waals surface area contributed by atoms with Gasteiger partial charge in [-0.25, -0.2) is 4.39 Å². The number of alkyl halides is 7. The van der Waals surface area contributed by atoms with E-state index in [1.54, 1.807) is 43.3 Å². The number of oxime groups is 1. The highest BCUT2D eigenvalue weighted by Crippen LogP contribution is 2.53. The molecule has 3 rings (SSSR count). The third-order valence-electron chi connectivity index (χ3n) is 6.50. The highest BCUT2D eigenvalue weighted by atomic mass is 19.4. The van der Waals surface area contributed by atoms with Crippen LogP contribution in [0.25, 0.3) is 0 Å². The standard InChI is InChI=1S/C29H26F7N3O3/c1-17-14-22(27(30,28(31,32)33)29(34,35)36)15-18(2)24(17)37-25(40)21-10-7-11-23(16-21)39(13-12-19(3)38-42)26(41)20-8-5-4-6-9-20/h4-11,14-16,42H,12-13H2,1-3H3,(H,37,40)/b38-19+. The molecule has 224 valence electrons. The molecule has 0 bridgehead atoms. The average Bonchev–Trinajstić information content (AvgIpc) is 2.93. The number of carbonyl (C=O) groups excluding carboxylic acids is 2. The van der Waals surface area contributed by atoms with E-state index in [0.29, 0.717) is 29.1 Å². The van der Waals surface area contributed by atoms with Crippen LogP contribution >= 0.6 is 0 Å². The minimum atomic E-state index is -6.28. The molecule has 0 spiro atoms. The highest BCUT2D eigenvalue weighted by Gasteiger charge is 2.73. The van der Waals surface area contributed by atoms with Crippen LogP contribution < -0.4 is 10.2 Å². The quantitative estimate of drug-likeness (QED) is 0.121. The van der Waals surface area contributed by atoms with Gasteiger partial charge in [0.2, 0.25) is 0 Å². The molecule has 3 aromatic rings. The van der Waals surface area contributed by atoms with Crippen molar-refractivity contribution < 1.29 is 45.5 Å². The molecule has 3 aromatic carbocycles. The van der Waals surface area contributed by atoms with Gasteiger partial charge in [-0.05, 0) is 62.2 Å². The van der Waals surface area contributed by atoms with Gasteiger partial charge in [0.25, 0.3) is 11.8 Å². The van der Waals surface area contributed by atoms with Crippen molar-refractivity contribution >= 4 is 28.9 Å². The fourth-order valence-electron chi connectivity index (χ4n) is 4.26. The van der Waals surface area contributed by atoms with Gasteiger partial charge < -0.3 is 15.4 Å². The molecule has 2 N–H and O–H groups in total. The predicted molar refractivity (Wildman–Crippen MR) is 143 cm³/mol. The van der Waals surface area contributed by atoms with Gasteiger partial charge in [-0.2, -0.15) is 26.3 Å². The van der Waals surface area contributed by atoms with Crippen molar-refractivity contribution in [2.24, 2.45) is 5.16 Å². The van der Waals surface area contributed by atoms with E-state index in [1.807, 2.05) is 0 Å². The summed E-state index contributed by atoms with van der Waals surface area (Å²) in [6.45, 7) is 3.92. The summed E-state index contributed by atoms with van der Waals surface area (Å²) >= 11 is 0. The summed E-state index contributed by atoms with van der Waals surface area (Å²) in [4.78, 5) is 27.8. The number of hydrogen-bond acceptors (Lipinski definition) is 4. The SMILES string of the molecule is C/C(CCN(C(=O)c1ccccc1)c1cccc(C(=O)Nc2c(C)cc(C(F)(C(F)(F)F)C(F)(F)F)cc2C)c1)=N\O. The fourth-order valence-corrected chi connectivity index (χ4v) is 4.26. The van der Waals surface area contributed by atoms with Crippen LogP contribution in [-0.2, 0) is 5.67 Å². The van der Waals surface area contributed by atoms with E-state index in [2.05, 4.69) is 10.5 Å². The second-order valence-electron chi connectivity index (χ2n) is 9.55. The average molecular weight is 598 g/mol. The zero-order valence-electron chi connectivity index (χ0n) is 22.6. The molecule has 0 aliphatic carbocycles. The number of nitrogens with one attached hydrogen (secondary N) is 1. The Bertz CT molecular complexity index is 1450. The van der Waals surface area contributed by atoms with Crippen molar-refractivity contribution in [2.45, 2.75) is 45.2 Å². The number of rotatable bonds is 8. The minimum absolute atomic E-state index is 0.0132. The lowest BCUT2D eigenvalue weighted by atomic mass is 9.90. The van der Waals surface area contributed by atoms with Crippen molar-refractivity contribution in [3.05, 3.63) is 94.5 Å². The van der Waals surface area contributed by atoms with Crippen molar-refractivity contribution in [3.8, 4) is 0 Å². The number of carbonyl (C=O) groups is 2. The summed E-state index contributed by atoms with van der Waals surface area (Å²) in [5.74, 6) is -1.20. The molecule has 0 saturated heterocycles. The lowest BCUT2D eigenvalue weighted by Gasteiger charge is -2.31. The van der Waals surface area contributed by atoms with E-state index in [0.717, 1.165) is 13.8 Å². The largest absolute Gasteiger partial charge is 0.435 e. The molecule has 0 saturated carbocycles. The van der Waals surface area contributed by atoms with Gasteiger partial charge in [-0.15, -0.1) is 0 Å². The number of hydrogen-bond donors (Lipinski definition) is 2. The molecule has 6 nitrogen and oxygen atoms in total. The molecule has 42 heavy (non-hydrogen) atoms. The Kier molecular flexibility index (Phi) is 9.33. The van der Waals surface area contributed by atoms with Gasteiger partial charge in [-0.1, -0.05) is 41.6 Å². The Morgan fingerprint density at radius 3 is 1.90 bits per heavy atom. The lowest BCUT2D eigenvalue weighted by molar-refractivity contribution is -0.348. The van der Waals surface area contributed by atoms with E-state index in [9.17, 15) is 40.3 Å². The number of anilines is 2. The number of aryl methyl sites for hydroxylation is 2. The maximum Gasteiger partial charge on any atom is 0.435 e. The van der Waals surface area contributed by atoms with Gasteiger partial charge in [0.15, 0.2) is 0 Å². The number of amides is 2. The second-order valence-corrected chi connectivity index (χ2v) is 9.55. The molecule has 0 aliphatic rings. The number of nitrogens with zero attached hydrogens (tertiary/aromatic N) is 2. The van der Waals surface area contributed by atoms with Crippen LogP contribution in [0.2, 0.25) is 0 Å². The van der Waals surface area contributed by atoms with Crippen LogP contribution in [0.4, 0.5) is 42.1 Å². The fraction of sp³-hybridized carbons (Fsp3) is 0.276. The van der Waals surface area contributed by atoms with Crippen molar-refractivity contribution in [2.75, 3.05) is 16.8 Å². The van der Waals surface area contributed by atoms with Gasteiger partial charge >= 0.3 is 18.0 Å². The zero-order valence-corrected chi connectivity index (χ0v) is 22.6. The second kappa shape index (κ2) is 12.2. The smallest absolute Gasteiger partial charge is 0.411 e. The number of benzene rings is 3. The normalized spacial score (nSPS) is 12.7. The molecule has 0 aliphatic heterocycles. The van der Waals surface area contributed by atoms with Gasteiger partial charge in [0.1, 0.15) is 0 Å². The molecule has 0 radical (unpaired) electrons. The topological polar surface area (TPSA) is 82.0 Å². The van der Waals surface area contributed by atoms with Crippen molar-refractivity contribution in [3.63, 3.8) is 0 Å². The Morgan fingerprint density at radius 1 is 0.833 bits per heavy atom. The molecular formula is C29H26F7N3O3. The Morgan fingerprint density at radius 2 is 1.38 bits per heavy atom. The maximum atomic E-state index is 14.6. The van der Waals surface area contributed by atoms with Crippen LogP contribution in [0.3, 0.4) is 0 Å². The van der Waals surface area contributed by atoms with Crippen LogP contribution in [0.5, 0.6) is 0 Å². The zero-order chi connectivity index (χ0) is 31.5. The van der Waals surface area contributed by atoms with E-state index in [4.69, 9.17) is 5.21 Å².